The summed E-state index contributed by atoms with van der Waals surface area (Å²) in [5.41, 5.74) is 2.04. The summed E-state index contributed by atoms with van der Waals surface area (Å²) in [6.45, 7) is 0. The van der Waals surface area contributed by atoms with Gasteiger partial charge in [-0.15, -0.1) is 0 Å². The number of rotatable bonds is 3. The topological polar surface area (TPSA) is 45.2 Å². The average Bonchev–Trinajstić information content (AvgIpc) is 2.41. The predicted molar refractivity (Wildman–Crippen MR) is 85.7 cm³/mol. The molecular weight excluding hydrogens is 342 g/mol. The van der Waals surface area contributed by atoms with Gasteiger partial charge in [0.05, 0.1) is 5.56 Å². The summed E-state index contributed by atoms with van der Waals surface area (Å²) in [4.78, 5) is 18.1. The van der Waals surface area contributed by atoms with Gasteiger partial charge in [-0.25, -0.2) is 4.98 Å². The SMILES string of the molecule is CN(C)c1cccc(NC(=O)c2cc(Br)cnc2Cl)c1. The Balaban J connectivity index is 2.23. The van der Waals surface area contributed by atoms with Crippen LogP contribution in [0.3, 0.4) is 0 Å². The molecule has 20 heavy (non-hydrogen) atoms. The van der Waals surface area contributed by atoms with Gasteiger partial charge in [0, 0.05) is 36.1 Å². The van der Waals surface area contributed by atoms with Crippen LogP contribution >= 0.6 is 27.5 Å². The zero-order valence-corrected chi connectivity index (χ0v) is 13.4. The van der Waals surface area contributed by atoms with Crippen molar-refractivity contribution in [1.29, 1.82) is 0 Å². The molecule has 1 aromatic carbocycles. The van der Waals surface area contributed by atoms with Crippen LogP contribution in [0.2, 0.25) is 5.15 Å². The number of nitrogens with one attached hydrogen (secondary N) is 1. The van der Waals surface area contributed by atoms with Crippen molar-refractivity contribution in [2.45, 2.75) is 0 Å². The lowest BCUT2D eigenvalue weighted by molar-refractivity contribution is 0.102. The van der Waals surface area contributed by atoms with Crippen LogP contribution < -0.4 is 10.2 Å². The Morgan fingerprint density at radius 2 is 2.10 bits per heavy atom. The zero-order chi connectivity index (χ0) is 14.7. The van der Waals surface area contributed by atoms with Crippen molar-refractivity contribution in [2.75, 3.05) is 24.3 Å². The van der Waals surface area contributed by atoms with Gasteiger partial charge in [0.1, 0.15) is 5.15 Å². The molecule has 2 aromatic rings. The fourth-order valence-electron chi connectivity index (χ4n) is 1.64. The number of halogens is 2. The van der Waals surface area contributed by atoms with Crippen LogP contribution in [0.5, 0.6) is 0 Å². The molecule has 0 fully saturated rings. The van der Waals surface area contributed by atoms with Crippen LogP contribution in [0.15, 0.2) is 41.0 Å². The molecule has 0 aliphatic carbocycles. The Hall–Kier alpha value is -1.59. The number of aromatic nitrogens is 1. The summed E-state index contributed by atoms with van der Waals surface area (Å²) in [5.74, 6) is -0.292. The highest BCUT2D eigenvalue weighted by Crippen LogP contribution is 2.21. The van der Waals surface area contributed by atoms with Crippen molar-refractivity contribution in [2.24, 2.45) is 0 Å². The van der Waals surface area contributed by atoms with Gasteiger partial charge < -0.3 is 10.2 Å². The molecule has 0 spiro atoms. The fourth-order valence-corrected chi connectivity index (χ4v) is 2.16. The second-order valence-electron chi connectivity index (χ2n) is 4.39. The minimum Gasteiger partial charge on any atom is -0.378 e. The normalized spacial score (nSPS) is 10.2. The van der Waals surface area contributed by atoms with E-state index in [0.29, 0.717) is 15.7 Å². The van der Waals surface area contributed by atoms with Crippen LogP contribution in [0.25, 0.3) is 0 Å². The van der Waals surface area contributed by atoms with Crippen molar-refractivity contribution in [3.05, 3.63) is 51.7 Å². The van der Waals surface area contributed by atoms with Crippen LogP contribution in [-0.2, 0) is 0 Å². The lowest BCUT2D eigenvalue weighted by atomic mass is 10.2. The molecule has 1 heterocycles. The van der Waals surface area contributed by atoms with Crippen LogP contribution in [-0.4, -0.2) is 25.0 Å². The maximum absolute atomic E-state index is 12.2. The highest BCUT2D eigenvalue weighted by molar-refractivity contribution is 9.10. The number of nitrogens with zero attached hydrogens (tertiary/aromatic N) is 2. The van der Waals surface area contributed by atoms with E-state index in [2.05, 4.69) is 26.2 Å². The number of carbonyl (C=O) groups is 1. The molecular formula is C14H13BrClN3O. The predicted octanol–water partition coefficient (Wildman–Crippen LogP) is 3.82. The Labute approximate surface area is 130 Å². The number of hydrogen-bond acceptors (Lipinski definition) is 3. The first-order valence-electron chi connectivity index (χ1n) is 5.87. The van der Waals surface area contributed by atoms with Crippen LogP contribution in [0.4, 0.5) is 11.4 Å². The largest absolute Gasteiger partial charge is 0.378 e. The average molecular weight is 355 g/mol. The van der Waals surface area contributed by atoms with Crippen molar-refractivity contribution >= 4 is 44.8 Å². The number of anilines is 2. The first-order chi connectivity index (χ1) is 9.47. The lowest BCUT2D eigenvalue weighted by Crippen LogP contribution is -2.14. The summed E-state index contributed by atoms with van der Waals surface area (Å²) in [6.07, 6.45) is 1.55. The van der Waals surface area contributed by atoms with E-state index in [-0.39, 0.29) is 11.1 Å². The van der Waals surface area contributed by atoms with Crippen molar-refractivity contribution < 1.29 is 4.79 Å². The molecule has 6 heteroatoms. The van der Waals surface area contributed by atoms with Crippen LogP contribution in [0.1, 0.15) is 10.4 Å². The van der Waals surface area contributed by atoms with Crippen molar-refractivity contribution in [1.82, 2.24) is 4.98 Å². The quantitative estimate of drug-likeness (QED) is 0.852. The Morgan fingerprint density at radius 3 is 2.80 bits per heavy atom. The van der Waals surface area contributed by atoms with E-state index in [0.717, 1.165) is 5.69 Å². The minimum absolute atomic E-state index is 0.175. The molecule has 2 rings (SSSR count). The fraction of sp³-hybridized carbons (Fsp3) is 0.143. The maximum Gasteiger partial charge on any atom is 0.258 e. The van der Waals surface area contributed by atoms with Crippen LogP contribution in [0, 0.1) is 0 Å². The number of hydrogen-bond donors (Lipinski definition) is 1. The second-order valence-corrected chi connectivity index (χ2v) is 5.66. The lowest BCUT2D eigenvalue weighted by Gasteiger charge is -2.14. The Kier molecular flexibility index (Phi) is 4.62. The first kappa shape index (κ1) is 14.8. The van der Waals surface area contributed by atoms with Crippen molar-refractivity contribution in [3.8, 4) is 0 Å². The summed E-state index contributed by atoms with van der Waals surface area (Å²) in [5, 5.41) is 2.99. The molecule has 1 aromatic heterocycles. The molecule has 0 unspecified atom stereocenters. The standard InChI is InChI=1S/C14H13BrClN3O/c1-19(2)11-5-3-4-10(7-11)18-14(20)12-6-9(15)8-17-13(12)16/h3-8H,1-2H3,(H,18,20). The number of pyridine rings is 1. The monoisotopic (exact) mass is 353 g/mol. The van der Waals surface area contributed by atoms with E-state index in [1.807, 2.05) is 43.3 Å². The molecule has 0 radical (unpaired) electrons. The molecule has 1 amide bonds. The summed E-state index contributed by atoms with van der Waals surface area (Å²) >= 11 is 9.21. The highest BCUT2D eigenvalue weighted by Gasteiger charge is 2.12. The van der Waals surface area contributed by atoms with Gasteiger partial charge in [-0.3, -0.25) is 4.79 Å². The second kappa shape index (κ2) is 6.24. The first-order valence-corrected chi connectivity index (χ1v) is 7.04. The Morgan fingerprint density at radius 1 is 1.35 bits per heavy atom. The van der Waals surface area contributed by atoms with E-state index >= 15 is 0 Å². The van der Waals surface area contributed by atoms with Gasteiger partial charge in [-0.2, -0.15) is 0 Å². The third kappa shape index (κ3) is 3.49. The number of benzene rings is 1. The van der Waals surface area contributed by atoms with Crippen molar-refractivity contribution in [3.63, 3.8) is 0 Å². The number of carbonyl (C=O) groups excluding carboxylic acids is 1. The summed E-state index contributed by atoms with van der Waals surface area (Å²) in [6, 6.07) is 9.19. The van der Waals surface area contributed by atoms with Gasteiger partial charge in [-0.05, 0) is 40.2 Å². The van der Waals surface area contributed by atoms with E-state index in [1.54, 1.807) is 12.3 Å². The van der Waals surface area contributed by atoms with E-state index < -0.39 is 0 Å². The number of amides is 1. The third-order valence-electron chi connectivity index (χ3n) is 2.67. The van der Waals surface area contributed by atoms with Gasteiger partial charge in [-0.1, -0.05) is 17.7 Å². The van der Waals surface area contributed by atoms with Gasteiger partial charge in [0.25, 0.3) is 5.91 Å². The molecule has 0 saturated heterocycles. The minimum atomic E-state index is -0.292. The van der Waals surface area contributed by atoms with E-state index in [1.165, 1.54) is 0 Å². The molecule has 0 bridgehead atoms. The van der Waals surface area contributed by atoms with E-state index in [9.17, 15) is 4.79 Å². The Bertz CT molecular complexity index is 646. The smallest absolute Gasteiger partial charge is 0.258 e. The van der Waals surface area contributed by atoms with E-state index in [4.69, 9.17) is 11.6 Å². The third-order valence-corrected chi connectivity index (χ3v) is 3.41. The molecule has 4 nitrogen and oxygen atoms in total. The zero-order valence-electron chi connectivity index (χ0n) is 11.0. The molecule has 0 aliphatic rings. The molecule has 0 atom stereocenters. The molecule has 0 aliphatic heterocycles. The molecule has 104 valence electrons. The highest BCUT2D eigenvalue weighted by atomic mass is 79.9. The summed E-state index contributed by atoms with van der Waals surface area (Å²) < 4.78 is 0.703. The molecule has 1 N–H and O–H groups in total. The maximum atomic E-state index is 12.2. The van der Waals surface area contributed by atoms with Gasteiger partial charge >= 0.3 is 0 Å². The molecule has 0 saturated carbocycles. The summed E-state index contributed by atoms with van der Waals surface area (Å²) in [7, 11) is 3.88. The van der Waals surface area contributed by atoms with Gasteiger partial charge in [0.15, 0.2) is 0 Å². The van der Waals surface area contributed by atoms with Gasteiger partial charge in [0.2, 0.25) is 0 Å².